The predicted molar refractivity (Wildman–Crippen MR) is 80.7 cm³/mol. The minimum Gasteiger partial charge on any atom is -0.465 e. The highest BCUT2D eigenvalue weighted by Gasteiger charge is 2.38. The Morgan fingerprint density at radius 1 is 1.35 bits per heavy atom. The van der Waals surface area contributed by atoms with Crippen molar-refractivity contribution < 1.29 is 9.53 Å². The van der Waals surface area contributed by atoms with E-state index in [0.29, 0.717) is 6.61 Å². The van der Waals surface area contributed by atoms with E-state index in [-0.39, 0.29) is 5.97 Å². The van der Waals surface area contributed by atoms with E-state index in [0.717, 1.165) is 24.9 Å². The molecule has 116 valence electrons. The number of esters is 1. The number of hydrogen-bond donors (Lipinski definition) is 1. The molecule has 0 aromatic carbocycles. The zero-order chi connectivity index (χ0) is 14.6. The van der Waals surface area contributed by atoms with E-state index in [2.05, 4.69) is 10.2 Å². The summed E-state index contributed by atoms with van der Waals surface area (Å²) in [7, 11) is 1.85. The number of fused-ring (bicyclic) bond motifs is 1. The van der Waals surface area contributed by atoms with Crippen LogP contribution in [-0.2, 0) is 9.53 Å². The molecule has 0 aromatic heterocycles. The lowest BCUT2D eigenvalue weighted by Gasteiger charge is -2.39. The third kappa shape index (κ3) is 3.34. The van der Waals surface area contributed by atoms with Crippen molar-refractivity contribution >= 4 is 5.97 Å². The molecule has 0 aromatic rings. The molecule has 0 amide bonds. The summed E-state index contributed by atoms with van der Waals surface area (Å²) in [6.07, 6.45) is 7.68. The van der Waals surface area contributed by atoms with Gasteiger partial charge in [0.25, 0.3) is 0 Å². The Kier molecular flexibility index (Phi) is 5.44. The van der Waals surface area contributed by atoms with E-state index in [1.165, 1.54) is 38.6 Å². The second-order valence-electron chi connectivity index (χ2n) is 6.49. The van der Waals surface area contributed by atoms with Crippen LogP contribution in [0.25, 0.3) is 0 Å². The molecule has 4 heteroatoms. The van der Waals surface area contributed by atoms with Crippen LogP contribution < -0.4 is 5.32 Å². The molecule has 3 unspecified atom stereocenters. The fraction of sp³-hybridized carbons (Fsp3) is 0.938. The topological polar surface area (TPSA) is 41.6 Å². The second kappa shape index (κ2) is 6.90. The highest BCUT2D eigenvalue weighted by atomic mass is 16.5. The minimum absolute atomic E-state index is 0.123. The maximum atomic E-state index is 12.1. The molecule has 1 aliphatic heterocycles. The van der Waals surface area contributed by atoms with Gasteiger partial charge in [-0.2, -0.15) is 0 Å². The van der Waals surface area contributed by atoms with Gasteiger partial charge in [0.1, 0.15) is 5.54 Å². The highest BCUT2D eigenvalue weighted by molar-refractivity contribution is 5.80. The molecule has 1 N–H and O–H groups in total. The Morgan fingerprint density at radius 2 is 2.10 bits per heavy atom. The van der Waals surface area contributed by atoms with Gasteiger partial charge in [0, 0.05) is 12.6 Å². The average molecular weight is 282 g/mol. The normalized spacial score (nSPS) is 29.8. The van der Waals surface area contributed by atoms with Crippen LogP contribution in [0.2, 0.25) is 0 Å². The summed E-state index contributed by atoms with van der Waals surface area (Å²) in [5, 5.41) is 3.16. The molecule has 1 aliphatic carbocycles. The van der Waals surface area contributed by atoms with Crippen molar-refractivity contribution in [3.8, 4) is 0 Å². The number of likely N-dealkylation sites (tertiary alicyclic amines) is 1. The first kappa shape index (κ1) is 15.8. The number of ether oxygens (including phenoxy) is 1. The average Bonchev–Trinajstić information content (AvgIpc) is 2.93. The summed E-state index contributed by atoms with van der Waals surface area (Å²) in [6, 6.07) is 0.770. The van der Waals surface area contributed by atoms with Crippen molar-refractivity contribution in [2.24, 2.45) is 5.92 Å². The molecular weight excluding hydrogens is 252 g/mol. The Bertz CT molecular complexity index is 334. The van der Waals surface area contributed by atoms with Gasteiger partial charge >= 0.3 is 5.97 Å². The van der Waals surface area contributed by atoms with E-state index in [1.54, 1.807) is 0 Å². The first-order chi connectivity index (χ1) is 9.60. The van der Waals surface area contributed by atoms with Gasteiger partial charge in [-0.15, -0.1) is 0 Å². The molecule has 3 atom stereocenters. The number of carbonyl (C=O) groups excluding carboxylic acids is 1. The van der Waals surface area contributed by atoms with Crippen molar-refractivity contribution in [1.82, 2.24) is 10.2 Å². The SMILES string of the molecule is CCOC(=O)C(C)(CCN1CCCC2CCCC21)NC. The van der Waals surface area contributed by atoms with Gasteiger partial charge < -0.3 is 15.0 Å². The summed E-state index contributed by atoms with van der Waals surface area (Å²) in [6.45, 7) is 6.47. The predicted octanol–water partition coefficient (Wildman–Crippen LogP) is 2.18. The molecule has 1 saturated heterocycles. The molecule has 0 radical (unpaired) electrons. The first-order valence-electron chi connectivity index (χ1n) is 8.21. The quantitative estimate of drug-likeness (QED) is 0.758. The molecular formula is C16H30N2O2. The van der Waals surface area contributed by atoms with Crippen LogP contribution in [0, 0.1) is 5.92 Å². The van der Waals surface area contributed by atoms with Crippen molar-refractivity contribution in [3.63, 3.8) is 0 Å². The Hall–Kier alpha value is -0.610. The molecule has 4 nitrogen and oxygen atoms in total. The third-order valence-corrected chi connectivity index (χ3v) is 5.28. The van der Waals surface area contributed by atoms with E-state index in [9.17, 15) is 4.79 Å². The van der Waals surface area contributed by atoms with Crippen molar-refractivity contribution in [1.29, 1.82) is 0 Å². The standard InChI is InChI=1S/C16H30N2O2/c1-4-20-15(19)16(2,17-3)10-12-18-11-6-8-13-7-5-9-14(13)18/h13-14,17H,4-12H2,1-3H3. The van der Waals surface area contributed by atoms with E-state index in [4.69, 9.17) is 4.74 Å². The zero-order valence-corrected chi connectivity index (χ0v) is 13.3. The van der Waals surface area contributed by atoms with Crippen LogP contribution in [0.5, 0.6) is 0 Å². The highest BCUT2D eigenvalue weighted by Crippen LogP contribution is 2.37. The monoisotopic (exact) mass is 282 g/mol. The molecule has 2 aliphatic rings. The molecule has 0 spiro atoms. The Balaban J connectivity index is 1.90. The fourth-order valence-corrected chi connectivity index (χ4v) is 3.82. The summed E-state index contributed by atoms with van der Waals surface area (Å²) >= 11 is 0. The number of piperidine rings is 1. The maximum Gasteiger partial charge on any atom is 0.326 e. The number of nitrogens with one attached hydrogen (secondary N) is 1. The maximum absolute atomic E-state index is 12.1. The fourth-order valence-electron chi connectivity index (χ4n) is 3.82. The Morgan fingerprint density at radius 3 is 2.80 bits per heavy atom. The van der Waals surface area contributed by atoms with Gasteiger partial charge in [0.2, 0.25) is 0 Å². The number of rotatable bonds is 6. The van der Waals surface area contributed by atoms with Crippen LogP contribution in [0.3, 0.4) is 0 Å². The third-order valence-electron chi connectivity index (χ3n) is 5.28. The molecule has 1 saturated carbocycles. The van der Waals surface area contributed by atoms with Crippen molar-refractivity contribution in [3.05, 3.63) is 0 Å². The molecule has 20 heavy (non-hydrogen) atoms. The smallest absolute Gasteiger partial charge is 0.326 e. The second-order valence-corrected chi connectivity index (χ2v) is 6.49. The van der Waals surface area contributed by atoms with E-state index in [1.807, 2.05) is 20.9 Å². The summed E-state index contributed by atoms with van der Waals surface area (Å²) in [5.74, 6) is 0.787. The number of nitrogens with zero attached hydrogens (tertiary/aromatic N) is 1. The Labute approximate surface area is 123 Å². The van der Waals surface area contributed by atoms with Crippen LogP contribution in [0.15, 0.2) is 0 Å². The largest absolute Gasteiger partial charge is 0.465 e. The van der Waals surface area contributed by atoms with Crippen molar-refractivity contribution in [2.45, 2.75) is 64.0 Å². The molecule has 2 rings (SSSR count). The van der Waals surface area contributed by atoms with Crippen molar-refractivity contribution in [2.75, 3.05) is 26.7 Å². The first-order valence-corrected chi connectivity index (χ1v) is 8.21. The van der Waals surface area contributed by atoms with Gasteiger partial charge in [0.15, 0.2) is 0 Å². The van der Waals surface area contributed by atoms with Gasteiger partial charge in [0.05, 0.1) is 6.61 Å². The van der Waals surface area contributed by atoms with Gasteiger partial charge in [-0.3, -0.25) is 4.79 Å². The van der Waals surface area contributed by atoms with E-state index < -0.39 is 5.54 Å². The van der Waals surface area contributed by atoms with Crippen LogP contribution in [0.1, 0.15) is 52.4 Å². The molecule has 0 bridgehead atoms. The van der Waals surface area contributed by atoms with Gasteiger partial charge in [-0.05, 0) is 65.5 Å². The lowest BCUT2D eigenvalue weighted by atomic mass is 9.90. The molecule has 1 heterocycles. The summed E-state index contributed by atoms with van der Waals surface area (Å²) in [5.41, 5.74) is -0.554. The van der Waals surface area contributed by atoms with Crippen LogP contribution in [-0.4, -0.2) is 49.2 Å². The van der Waals surface area contributed by atoms with Gasteiger partial charge in [-0.25, -0.2) is 0 Å². The van der Waals surface area contributed by atoms with Crippen LogP contribution in [0.4, 0.5) is 0 Å². The van der Waals surface area contributed by atoms with Crippen LogP contribution >= 0.6 is 0 Å². The van der Waals surface area contributed by atoms with E-state index >= 15 is 0 Å². The lowest BCUT2D eigenvalue weighted by molar-refractivity contribution is -0.150. The number of hydrogen-bond acceptors (Lipinski definition) is 4. The van der Waals surface area contributed by atoms with Gasteiger partial charge in [-0.1, -0.05) is 6.42 Å². The summed E-state index contributed by atoms with van der Waals surface area (Å²) in [4.78, 5) is 14.7. The zero-order valence-electron chi connectivity index (χ0n) is 13.3. The number of carbonyl (C=O) groups is 1. The number of likely N-dealkylation sites (N-methyl/N-ethyl adjacent to an activating group) is 1. The summed E-state index contributed by atoms with van der Waals surface area (Å²) < 4.78 is 5.20. The lowest BCUT2D eigenvalue weighted by Crippen LogP contribution is -2.52. The minimum atomic E-state index is -0.554. The molecule has 2 fully saturated rings.